The van der Waals surface area contributed by atoms with Gasteiger partial charge in [-0.2, -0.15) is 0 Å². The fraction of sp³-hybridized carbons (Fsp3) is 0.524. The van der Waals surface area contributed by atoms with Crippen LogP contribution in [0.5, 0.6) is 5.75 Å². The molecule has 3 fully saturated rings. The highest BCUT2D eigenvalue weighted by molar-refractivity contribution is 5.94. The molecule has 1 aromatic heterocycles. The van der Waals surface area contributed by atoms with Gasteiger partial charge in [0.2, 0.25) is 0 Å². The van der Waals surface area contributed by atoms with E-state index in [1.165, 1.54) is 0 Å². The van der Waals surface area contributed by atoms with E-state index in [-0.39, 0.29) is 17.6 Å². The number of hydrogen-bond donors (Lipinski definition) is 2. The highest BCUT2D eigenvalue weighted by Crippen LogP contribution is 2.54. The number of benzene rings is 1. The van der Waals surface area contributed by atoms with E-state index in [0.717, 1.165) is 43.9 Å². The van der Waals surface area contributed by atoms with Crippen molar-refractivity contribution < 1.29 is 14.3 Å². The SMILES string of the molecule is COc1ccc(C(=O)NC[C@H]2[C@H]3CN(Cc4cnc[nH]4)C[C@]34CC[C@H]2O4)cc1. The van der Waals surface area contributed by atoms with Crippen molar-refractivity contribution in [2.24, 2.45) is 11.8 Å². The molecule has 148 valence electrons. The van der Waals surface area contributed by atoms with Crippen LogP contribution in [0.4, 0.5) is 0 Å². The molecule has 7 heteroatoms. The average molecular weight is 382 g/mol. The number of methoxy groups -OCH3 is 1. The molecule has 1 aromatic carbocycles. The van der Waals surface area contributed by atoms with Crippen LogP contribution in [0.3, 0.4) is 0 Å². The zero-order valence-electron chi connectivity index (χ0n) is 16.1. The van der Waals surface area contributed by atoms with E-state index in [2.05, 4.69) is 20.2 Å². The van der Waals surface area contributed by atoms with Gasteiger partial charge in [-0.05, 0) is 37.1 Å². The number of amides is 1. The van der Waals surface area contributed by atoms with Gasteiger partial charge in [-0.25, -0.2) is 4.98 Å². The van der Waals surface area contributed by atoms with Crippen LogP contribution < -0.4 is 10.1 Å². The van der Waals surface area contributed by atoms with Gasteiger partial charge in [-0.3, -0.25) is 9.69 Å². The molecular formula is C21H26N4O3. The highest BCUT2D eigenvalue weighted by atomic mass is 16.5. The fourth-order valence-corrected chi connectivity index (χ4v) is 5.35. The molecule has 5 rings (SSSR count). The summed E-state index contributed by atoms with van der Waals surface area (Å²) in [6.45, 7) is 3.52. The predicted octanol–water partition coefficient (Wildman–Crippen LogP) is 1.83. The van der Waals surface area contributed by atoms with Crippen LogP contribution in [0.1, 0.15) is 28.9 Å². The summed E-state index contributed by atoms with van der Waals surface area (Å²) in [5.74, 6) is 1.57. The number of aromatic nitrogens is 2. The number of nitrogens with zero attached hydrogens (tertiary/aromatic N) is 2. The molecular weight excluding hydrogens is 356 g/mol. The van der Waals surface area contributed by atoms with Gasteiger partial charge in [0.05, 0.1) is 25.1 Å². The maximum absolute atomic E-state index is 12.6. The van der Waals surface area contributed by atoms with Gasteiger partial charge in [0, 0.05) is 55.5 Å². The Hall–Kier alpha value is -2.38. The number of H-pyrrole nitrogens is 1. The predicted molar refractivity (Wildman–Crippen MR) is 103 cm³/mol. The Morgan fingerprint density at radius 1 is 1.43 bits per heavy atom. The van der Waals surface area contributed by atoms with Crippen molar-refractivity contribution in [2.75, 3.05) is 26.7 Å². The minimum atomic E-state index is -0.0354. The van der Waals surface area contributed by atoms with Gasteiger partial charge >= 0.3 is 0 Å². The number of imidazole rings is 1. The van der Waals surface area contributed by atoms with E-state index in [4.69, 9.17) is 9.47 Å². The molecule has 0 unspecified atom stereocenters. The van der Waals surface area contributed by atoms with E-state index in [0.29, 0.717) is 23.9 Å². The molecule has 28 heavy (non-hydrogen) atoms. The Kier molecular flexibility index (Phi) is 4.36. The van der Waals surface area contributed by atoms with Crippen molar-refractivity contribution in [1.29, 1.82) is 0 Å². The maximum atomic E-state index is 12.6. The Bertz CT molecular complexity index is 838. The third kappa shape index (κ3) is 2.99. The molecule has 2 bridgehead atoms. The Morgan fingerprint density at radius 2 is 2.29 bits per heavy atom. The first-order chi connectivity index (χ1) is 13.7. The van der Waals surface area contributed by atoms with Gasteiger partial charge in [0.1, 0.15) is 5.75 Å². The number of ether oxygens (including phenoxy) is 2. The van der Waals surface area contributed by atoms with E-state index < -0.39 is 0 Å². The zero-order valence-corrected chi connectivity index (χ0v) is 16.1. The largest absolute Gasteiger partial charge is 0.497 e. The molecule has 4 heterocycles. The zero-order chi connectivity index (χ0) is 19.1. The molecule has 2 aromatic rings. The second kappa shape index (κ2) is 6.90. The van der Waals surface area contributed by atoms with Crippen LogP contribution >= 0.6 is 0 Å². The van der Waals surface area contributed by atoms with Crippen LogP contribution in [-0.2, 0) is 11.3 Å². The van der Waals surface area contributed by atoms with Gasteiger partial charge in [0.15, 0.2) is 0 Å². The number of fused-ring (bicyclic) bond motifs is 1. The summed E-state index contributed by atoms with van der Waals surface area (Å²) < 4.78 is 11.6. The summed E-state index contributed by atoms with van der Waals surface area (Å²) >= 11 is 0. The summed E-state index contributed by atoms with van der Waals surface area (Å²) in [6.07, 6.45) is 6.11. The number of likely N-dealkylation sites (tertiary alicyclic amines) is 1. The van der Waals surface area contributed by atoms with E-state index in [9.17, 15) is 4.79 Å². The molecule has 2 N–H and O–H groups in total. The van der Waals surface area contributed by atoms with Crippen molar-refractivity contribution >= 4 is 5.91 Å². The number of rotatable bonds is 6. The van der Waals surface area contributed by atoms with Crippen molar-refractivity contribution in [3.8, 4) is 5.75 Å². The summed E-state index contributed by atoms with van der Waals surface area (Å²) in [4.78, 5) is 22.3. The smallest absolute Gasteiger partial charge is 0.251 e. The topological polar surface area (TPSA) is 79.5 Å². The third-order valence-corrected chi connectivity index (χ3v) is 6.65. The number of nitrogens with one attached hydrogen (secondary N) is 2. The van der Waals surface area contributed by atoms with E-state index in [1.807, 2.05) is 18.3 Å². The lowest BCUT2D eigenvalue weighted by atomic mass is 9.73. The molecule has 0 radical (unpaired) electrons. The first kappa shape index (κ1) is 17.7. The average Bonchev–Trinajstić information content (AvgIpc) is 3.48. The van der Waals surface area contributed by atoms with Crippen molar-refractivity contribution in [3.05, 3.63) is 48.0 Å². The third-order valence-electron chi connectivity index (χ3n) is 6.65. The standard InChI is InChI=1S/C21H26N4O3/c1-27-16-4-2-14(3-5-16)20(26)23-9-17-18-11-25(10-15-8-22-13-24-15)12-21(18)7-6-19(17)28-21/h2-5,8,13,17-19H,6-7,9-12H2,1H3,(H,22,24)(H,23,26)/t17-,18+,19+,21+/m0/s1. The lowest BCUT2D eigenvalue weighted by Crippen LogP contribution is -2.41. The van der Waals surface area contributed by atoms with Crippen molar-refractivity contribution in [3.63, 3.8) is 0 Å². The number of aromatic amines is 1. The molecule has 3 aliphatic rings. The molecule has 3 aliphatic heterocycles. The minimum absolute atomic E-state index is 0.0276. The van der Waals surface area contributed by atoms with Gasteiger partial charge in [0.25, 0.3) is 5.91 Å². The first-order valence-corrected chi connectivity index (χ1v) is 9.96. The number of hydrogen-bond acceptors (Lipinski definition) is 5. The number of carbonyl (C=O) groups excluding carboxylic acids is 1. The summed E-state index contributed by atoms with van der Waals surface area (Å²) in [5.41, 5.74) is 1.77. The lowest BCUT2D eigenvalue weighted by Gasteiger charge is -2.29. The molecule has 7 nitrogen and oxygen atoms in total. The molecule has 4 atom stereocenters. The fourth-order valence-electron chi connectivity index (χ4n) is 5.35. The second-order valence-corrected chi connectivity index (χ2v) is 8.22. The normalized spacial score (nSPS) is 31.1. The monoisotopic (exact) mass is 382 g/mol. The van der Waals surface area contributed by atoms with E-state index in [1.54, 1.807) is 25.6 Å². The first-order valence-electron chi connectivity index (χ1n) is 9.96. The van der Waals surface area contributed by atoms with Crippen LogP contribution in [0.25, 0.3) is 0 Å². The molecule has 0 saturated carbocycles. The minimum Gasteiger partial charge on any atom is -0.497 e. The quantitative estimate of drug-likeness (QED) is 0.797. The molecule has 1 spiro atoms. The van der Waals surface area contributed by atoms with E-state index >= 15 is 0 Å². The number of carbonyl (C=O) groups is 1. The van der Waals surface area contributed by atoms with Crippen LogP contribution in [-0.4, -0.2) is 59.2 Å². The Balaban J connectivity index is 1.23. The Labute approximate surface area is 164 Å². The van der Waals surface area contributed by atoms with Crippen LogP contribution in [0.2, 0.25) is 0 Å². The van der Waals surface area contributed by atoms with Gasteiger partial charge in [-0.15, -0.1) is 0 Å². The summed E-state index contributed by atoms with van der Waals surface area (Å²) in [6, 6.07) is 7.23. The molecule has 1 amide bonds. The second-order valence-electron chi connectivity index (χ2n) is 8.22. The molecule has 3 saturated heterocycles. The van der Waals surface area contributed by atoms with Crippen LogP contribution in [0.15, 0.2) is 36.8 Å². The summed E-state index contributed by atoms with van der Waals surface area (Å²) in [7, 11) is 1.62. The van der Waals surface area contributed by atoms with Gasteiger partial charge in [-0.1, -0.05) is 0 Å². The maximum Gasteiger partial charge on any atom is 0.251 e. The van der Waals surface area contributed by atoms with Crippen molar-refractivity contribution in [2.45, 2.75) is 31.1 Å². The van der Waals surface area contributed by atoms with Gasteiger partial charge < -0.3 is 19.8 Å². The van der Waals surface area contributed by atoms with Crippen molar-refractivity contribution in [1.82, 2.24) is 20.2 Å². The van der Waals surface area contributed by atoms with Crippen LogP contribution in [0, 0.1) is 11.8 Å². The summed E-state index contributed by atoms with van der Waals surface area (Å²) in [5, 5.41) is 3.14. The lowest BCUT2D eigenvalue weighted by molar-refractivity contribution is 0.00204. The molecule has 0 aliphatic carbocycles. The Morgan fingerprint density at radius 3 is 3.04 bits per heavy atom. The highest BCUT2D eigenvalue weighted by Gasteiger charge is 2.62.